The molecule has 1 heterocycles. The first-order valence-electron chi connectivity index (χ1n) is 17.2. The summed E-state index contributed by atoms with van der Waals surface area (Å²) in [5, 5.41) is 13.2. The molecule has 1 N–H and O–H groups in total. The lowest BCUT2D eigenvalue weighted by Crippen LogP contribution is -2.67. The van der Waals surface area contributed by atoms with Gasteiger partial charge in [-0.3, -0.25) is 0 Å². The zero-order valence-electron chi connectivity index (χ0n) is 29.2. The van der Waals surface area contributed by atoms with Crippen LogP contribution in [0.3, 0.4) is 0 Å². The number of aliphatic hydroxyl groups excluding tert-OH is 1. The molecule has 0 aliphatic carbocycles. The normalized spacial score (nSPS) is 18.8. The van der Waals surface area contributed by atoms with Crippen molar-refractivity contribution in [2.24, 2.45) is 0 Å². The SMILES string of the molecule is COc1ccc(CO[C@]2(CC[C@H](O)COC(=O)c3ccccc3)CCC[C@@H](CO[Si](c3ccccc3)(c3ccccc3)C(C)(C)C)O2)cc1. The third-order valence-corrected chi connectivity index (χ3v) is 14.3. The van der Waals surface area contributed by atoms with Crippen molar-refractivity contribution in [1.82, 2.24) is 0 Å². The average Bonchev–Trinajstić information content (AvgIpc) is 3.13. The van der Waals surface area contributed by atoms with Gasteiger partial charge in [0, 0.05) is 12.8 Å². The van der Waals surface area contributed by atoms with Crippen molar-refractivity contribution in [1.29, 1.82) is 0 Å². The first kappa shape index (κ1) is 36.5. The molecule has 8 heteroatoms. The lowest BCUT2D eigenvalue weighted by molar-refractivity contribution is -0.293. The third-order valence-electron chi connectivity index (χ3n) is 9.30. The number of aliphatic hydroxyl groups is 1. The molecule has 0 radical (unpaired) electrons. The zero-order chi connectivity index (χ0) is 34.7. The van der Waals surface area contributed by atoms with Gasteiger partial charge in [-0.1, -0.05) is 112 Å². The van der Waals surface area contributed by atoms with E-state index in [1.165, 1.54) is 10.4 Å². The topological polar surface area (TPSA) is 83.5 Å². The Bertz CT molecular complexity index is 1540. The summed E-state index contributed by atoms with van der Waals surface area (Å²) in [6.45, 7) is 7.46. The molecular weight excluding hydrogens is 633 g/mol. The Morgan fingerprint density at radius 3 is 2.06 bits per heavy atom. The molecule has 1 aliphatic rings. The average molecular weight is 683 g/mol. The molecule has 1 aliphatic heterocycles. The van der Waals surface area contributed by atoms with E-state index in [2.05, 4.69) is 69.3 Å². The molecule has 0 bridgehead atoms. The van der Waals surface area contributed by atoms with Gasteiger partial charge in [0.1, 0.15) is 12.4 Å². The molecule has 5 rings (SSSR count). The summed E-state index contributed by atoms with van der Waals surface area (Å²) in [5.41, 5.74) is 1.44. The lowest BCUT2D eigenvalue weighted by Gasteiger charge is -2.46. The van der Waals surface area contributed by atoms with Crippen LogP contribution in [0.2, 0.25) is 5.04 Å². The number of hydrogen-bond donors (Lipinski definition) is 1. The van der Waals surface area contributed by atoms with E-state index in [0.717, 1.165) is 24.2 Å². The molecule has 3 atom stereocenters. The number of carbonyl (C=O) groups excluding carboxylic acids is 1. The van der Waals surface area contributed by atoms with Gasteiger partial charge >= 0.3 is 5.97 Å². The Balaban J connectivity index is 1.33. The number of carbonyl (C=O) groups is 1. The van der Waals surface area contributed by atoms with E-state index in [9.17, 15) is 9.90 Å². The second-order valence-corrected chi connectivity index (χ2v) is 18.1. The number of rotatable bonds is 15. The van der Waals surface area contributed by atoms with E-state index in [1.54, 1.807) is 31.4 Å². The Labute approximate surface area is 292 Å². The van der Waals surface area contributed by atoms with Crippen molar-refractivity contribution < 1.29 is 33.3 Å². The second kappa shape index (κ2) is 16.7. The summed E-state index contributed by atoms with van der Waals surface area (Å²) in [4.78, 5) is 12.5. The predicted molar refractivity (Wildman–Crippen MR) is 195 cm³/mol. The van der Waals surface area contributed by atoms with E-state index in [4.69, 9.17) is 23.4 Å². The fourth-order valence-corrected chi connectivity index (χ4v) is 11.3. The summed E-state index contributed by atoms with van der Waals surface area (Å²) in [7, 11) is -1.12. The van der Waals surface area contributed by atoms with Crippen molar-refractivity contribution in [3.05, 3.63) is 126 Å². The van der Waals surface area contributed by atoms with Gasteiger partial charge < -0.3 is 28.5 Å². The minimum absolute atomic E-state index is 0.108. The van der Waals surface area contributed by atoms with Gasteiger partial charge in [0.2, 0.25) is 0 Å². The molecule has 0 saturated carbocycles. The smallest absolute Gasteiger partial charge is 0.338 e. The molecule has 0 amide bonds. The van der Waals surface area contributed by atoms with Gasteiger partial charge in [0.05, 0.1) is 38.1 Å². The second-order valence-electron chi connectivity index (χ2n) is 13.8. The van der Waals surface area contributed by atoms with E-state index in [-0.39, 0.29) is 17.7 Å². The van der Waals surface area contributed by atoms with Gasteiger partial charge in [-0.15, -0.1) is 0 Å². The molecule has 49 heavy (non-hydrogen) atoms. The Hall–Kier alpha value is -3.79. The van der Waals surface area contributed by atoms with E-state index < -0.39 is 26.2 Å². The van der Waals surface area contributed by atoms with E-state index in [1.807, 2.05) is 42.5 Å². The highest BCUT2D eigenvalue weighted by molar-refractivity contribution is 6.99. The monoisotopic (exact) mass is 682 g/mol. The fraction of sp³-hybridized carbons (Fsp3) is 0.390. The van der Waals surface area contributed by atoms with Crippen LogP contribution >= 0.6 is 0 Å². The molecule has 4 aromatic rings. The van der Waals surface area contributed by atoms with Crippen LogP contribution < -0.4 is 15.1 Å². The summed E-state index contributed by atoms with van der Waals surface area (Å²) in [5.74, 6) is -0.622. The Kier molecular flexibility index (Phi) is 12.5. The number of ether oxygens (including phenoxy) is 4. The lowest BCUT2D eigenvalue weighted by atomic mass is 9.96. The Morgan fingerprint density at radius 2 is 1.49 bits per heavy atom. The van der Waals surface area contributed by atoms with Crippen molar-refractivity contribution >= 4 is 24.7 Å². The van der Waals surface area contributed by atoms with Gasteiger partial charge in [0.25, 0.3) is 8.32 Å². The quantitative estimate of drug-likeness (QED) is 0.106. The molecule has 0 unspecified atom stereocenters. The molecule has 0 aromatic heterocycles. The predicted octanol–water partition coefficient (Wildman–Crippen LogP) is 7.05. The highest BCUT2D eigenvalue weighted by Gasteiger charge is 2.51. The van der Waals surface area contributed by atoms with Crippen molar-refractivity contribution in [2.75, 3.05) is 20.3 Å². The van der Waals surface area contributed by atoms with Crippen LogP contribution in [-0.2, 0) is 25.2 Å². The van der Waals surface area contributed by atoms with Crippen LogP contribution in [0.5, 0.6) is 5.75 Å². The molecule has 1 fully saturated rings. The molecule has 1 saturated heterocycles. The van der Waals surface area contributed by atoms with Gasteiger partial charge in [-0.25, -0.2) is 4.79 Å². The number of esters is 1. The van der Waals surface area contributed by atoms with Crippen LogP contribution in [0.4, 0.5) is 0 Å². The standard InChI is InChI=1S/C41H50O7Si/c1-40(2,3)49(37-18-10-6-11-19-37,38-20-12-7-13-21-38)47-31-36-17-14-27-41(48-36,46-29-32-22-24-35(44-4)25-23-32)28-26-34(42)30-45-39(43)33-15-8-5-9-16-33/h5-13,15-16,18-25,34,36,42H,14,17,26-31H2,1-4H3/t34-,36-,41+/m0/s1. The van der Waals surface area contributed by atoms with Crippen molar-refractivity contribution in [3.8, 4) is 5.75 Å². The number of hydrogen-bond acceptors (Lipinski definition) is 7. The third kappa shape index (κ3) is 9.26. The van der Waals surface area contributed by atoms with Crippen LogP contribution in [0.1, 0.15) is 68.8 Å². The van der Waals surface area contributed by atoms with Crippen molar-refractivity contribution in [3.63, 3.8) is 0 Å². The van der Waals surface area contributed by atoms with Gasteiger partial charge in [-0.05, 0) is 64.5 Å². The van der Waals surface area contributed by atoms with E-state index >= 15 is 0 Å². The molecule has 260 valence electrons. The highest BCUT2D eigenvalue weighted by atomic mass is 28.4. The Morgan fingerprint density at radius 1 is 0.898 bits per heavy atom. The summed E-state index contributed by atoms with van der Waals surface area (Å²) in [6, 6.07) is 37.8. The summed E-state index contributed by atoms with van der Waals surface area (Å²) >= 11 is 0. The van der Waals surface area contributed by atoms with Crippen LogP contribution in [0.25, 0.3) is 0 Å². The minimum atomic E-state index is -2.77. The maximum Gasteiger partial charge on any atom is 0.338 e. The molecular formula is C41H50O7Si. The first-order valence-corrected chi connectivity index (χ1v) is 19.1. The molecule has 0 spiro atoms. The highest BCUT2D eigenvalue weighted by Crippen LogP contribution is 2.39. The first-order chi connectivity index (χ1) is 23.6. The fourth-order valence-electron chi connectivity index (χ4n) is 6.72. The number of methoxy groups -OCH3 is 1. The number of benzene rings is 4. The van der Waals surface area contributed by atoms with E-state index in [0.29, 0.717) is 38.0 Å². The van der Waals surface area contributed by atoms with Gasteiger partial charge in [0.15, 0.2) is 5.79 Å². The molecule has 4 aromatic carbocycles. The summed E-state index contributed by atoms with van der Waals surface area (Å²) < 4.78 is 31.6. The van der Waals surface area contributed by atoms with Crippen molar-refractivity contribution in [2.45, 2.75) is 82.5 Å². The van der Waals surface area contributed by atoms with Gasteiger partial charge in [-0.2, -0.15) is 0 Å². The minimum Gasteiger partial charge on any atom is -0.497 e. The zero-order valence-corrected chi connectivity index (χ0v) is 30.2. The largest absolute Gasteiger partial charge is 0.497 e. The maximum atomic E-state index is 12.5. The van der Waals surface area contributed by atoms with Crippen LogP contribution in [0.15, 0.2) is 115 Å². The maximum absolute atomic E-state index is 12.5. The molecule has 7 nitrogen and oxygen atoms in total. The summed E-state index contributed by atoms with van der Waals surface area (Å²) in [6.07, 6.45) is 2.09. The van der Waals surface area contributed by atoms with Crippen LogP contribution in [-0.4, -0.2) is 57.7 Å². The van der Waals surface area contributed by atoms with Crippen LogP contribution in [0, 0.1) is 0 Å².